The number of nitrogens with zero attached hydrogens (tertiary/aromatic N) is 1. The number of aromatic hydroxyl groups is 1. The topological polar surface area (TPSA) is 112 Å². The molecule has 0 atom stereocenters. The number of hydrogen-bond acceptors (Lipinski definition) is 7. The summed E-state index contributed by atoms with van der Waals surface area (Å²) in [6.45, 7) is 0. The third-order valence-corrected chi connectivity index (χ3v) is 2.14. The summed E-state index contributed by atoms with van der Waals surface area (Å²) < 4.78 is 30.3. The first kappa shape index (κ1) is 7.92. The Bertz CT molecular complexity index is 431. The normalized spacial score (nSPS) is 17.2. The Hall–Kier alpha value is -1.70. The Labute approximate surface area is 73.0 Å². The van der Waals surface area contributed by atoms with Crippen LogP contribution in [0.25, 0.3) is 0 Å². The van der Waals surface area contributed by atoms with Crippen LogP contribution in [0.2, 0.25) is 0 Å². The number of fused-ring (bicyclic) bond motifs is 4. The molecule has 0 fully saturated rings. The molecule has 2 aliphatic rings. The minimum absolute atomic E-state index is 0.217. The van der Waals surface area contributed by atoms with Gasteiger partial charge in [0.25, 0.3) is 5.88 Å². The molecule has 1 aromatic rings. The molecule has 0 aromatic carbocycles. The van der Waals surface area contributed by atoms with E-state index in [1.807, 2.05) is 0 Å². The lowest BCUT2D eigenvalue weighted by Crippen LogP contribution is -2.14. The average Bonchev–Trinajstić information content (AvgIpc) is 2.22. The van der Waals surface area contributed by atoms with Crippen LogP contribution in [-0.2, 0) is 10.4 Å². The molecule has 3 N–H and O–H groups in total. The largest absolute Gasteiger partial charge is 0.502 e. The van der Waals surface area contributed by atoms with Crippen molar-refractivity contribution in [1.29, 1.82) is 0 Å². The van der Waals surface area contributed by atoms with Gasteiger partial charge in [0.2, 0.25) is 5.75 Å². The SMILES string of the molecule is Nc1c2cnc(c1O)OS(=O)(=O)O2. The van der Waals surface area contributed by atoms with E-state index in [0.717, 1.165) is 6.20 Å². The molecule has 0 saturated heterocycles. The van der Waals surface area contributed by atoms with Crippen molar-refractivity contribution in [3.63, 3.8) is 0 Å². The second-order valence-electron chi connectivity index (χ2n) is 2.26. The number of nitrogens with two attached hydrogens (primary N) is 1. The van der Waals surface area contributed by atoms with Crippen LogP contribution in [-0.4, -0.2) is 18.5 Å². The molecule has 2 aliphatic heterocycles. The zero-order chi connectivity index (χ0) is 9.64. The standard InChI is InChI=1S/C5H4N2O5S/c6-3-2-1-7-5(4(3)8)12-13(9,10)11-2/h1,8H,(H2,6,7). The van der Waals surface area contributed by atoms with E-state index in [1.165, 1.54) is 0 Å². The first-order chi connectivity index (χ1) is 5.99. The number of pyridine rings is 1. The number of hydrogen-bond donors (Lipinski definition) is 2. The molecule has 3 rings (SSSR count). The van der Waals surface area contributed by atoms with Crippen LogP contribution in [0.15, 0.2) is 6.20 Å². The lowest BCUT2D eigenvalue weighted by molar-refractivity contribution is 0.385. The fraction of sp³-hybridized carbons (Fsp3) is 0. The van der Waals surface area contributed by atoms with E-state index < -0.39 is 22.0 Å². The summed E-state index contributed by atoms with van der Waals surface area (Å²) in [4.78, 5) is 3.46. The number of nitrogen functional groups attached to an aromatic ring is 1. The van der Waals surface area contributed by atoms with E-state index in [2.05, 4.69) is 13.4 Å². The molecule has 3 heterocycles. The molecule has 0 radical (unpaired) electrons. The molecule has 0 spiro atoms. The predicted molar refractivity (Wildman–Crippen MR) is 40.5 cm³/mol. The Kier molecular flexibility index (Phi) is 1.32. The van der Waals surface area contributed by atoms with Gasteiger partial charge in [-0.05, 0) is 0 Å². The molecule has 0 saturated carbocycles. The van der Waals surface area contributed by atoms with Gasteiger partial charge < -0.3 is 19.2 Å². The van der Waals surface area contributed by atoms with Gasteiger partial charge in [-0.2, -0.15) is 0 Å². The van der Waals surface area contributed by atoms with Crippen LogP contribution < -0.4 is 14.1 Å². The van der Waals surface area contributed by atoms with Crippen molar-refractivity contribution in [2.75, 3.05) is 5.73 Å². The van der Waals surface area contributed by atoms with Gasteiger partial charge in [-0.3, -0.25) is 0 Å². The van der Waals surface area contributed by atoms with Crippen molar-refractivity contribution in [3.05, 3.63) is 6.20 Å². The lowest BCUT2D eigenvalue weighted by atomic mass is 10.3. The average molecular weight is 204 g/mol. The summed E-state index contributed by atoms with van der Waals surface area (Å²) in [6, 6.07) is 0. The first-order valence-electron chi connectivity index (χ1n) is 3.11. The van der Waals surface area contributed by atoms with Crippen molar-refractivity contribution in [3.8, 4) is 17.4 Å². The van der Waals surface area contributed by atoms with Crippen LogP contribution in [0.3, 0.4) is 0 Å². The first-order valence-corrected chi connectivity index (χ1v) is 4.44. The summed E-state index contributed by atoms with van der Waals surface area (Å²) in [5, 5.41) is 9.19. The summed E-state index contributed by atoms with van der Waals surface area (Å²) in [5.41, 5.74) is 5.08. The van der Waals surface area contributed by atoms with Crippen LogP contribution in [0.1, 0.15) is 0 Å². The van der Waals surface area contributed by atoms with Gasteiger partial charge >= 0.3 is 10.4 Å². The highest BCUT2D eigenvalue weighted by Gasteiger charge is 2.28. The smallest absolute Gasteiger partial charge is 0.502 e. The van der Waals surface area contributed by atoms with E-state index in [4.69, 9.17) is 5.73 Å². The summed E-state index contributed by atoms with van der Waals surface area (Å²) in [5.74, 6) is -1.28. The molecule has 0 aliphatic carbocycles. The monoisotopic (exact) mass is 204 g/mol. The van der Waals surface area contributed by atoms with Crippen molar-refractivity contribution < 1.29 is 21.9 Å². The number of anilines is 1. The van der Waals surface area contributed by atoms with Gasteiger partial charge in [0.1, 0.15) is 5.69 Å². The molecular formula is C5H4N2O5S. The van der Waals surface area contributed by atoms with Gasteiger partial charge in [-0.15, -0.1) is 8.42 Å². The van der Waals surface area contributed by atoms with Crippen LogP contribution >= 0.6 is 0 Å². The Morgan fingerprint density at radius 1 is 1.46 bits per heavy atom. The number of aromatic nitrogens is 1. The minimum atomic E-state index is -4.20. The summed E-state index contributed by atoms with van der Waals surface area (Å²) in [6.07, 6.45) is 1.05. The molecule has 0 unspecified atom stereocenters. The van der Waals surface area contributed by atoms with Crippen molar-refractivity contribution >= 4 is 16.1 Å². The van der Waals surface area contributed by atoms with Crippen LogP contribution in [0.4, 0.5) is 5.69 Å². The van der Waals surface area contributed by atoms with Crippen LogP contribution in [0, 0.1) is 0 Å². The molecule has 0 amide bonds. The molecule has 1 aromatic heterocycles. The Balaban J connectivity index is 2.74. The van der Waals surface area contributed by atoms with Gasteiger partial charge in [0, 0.05) is 0 Å². The predicted octanol–water partition coefficient (Wildman–Crippen LogP) is -0.615. The van der Waals surface area contributed by atoms with E-state index in [1.54, 1.807) is 0 Å². The third kappa shape index (κ3) is 1.11. The maximum Gasteiger partial charge on any atom is 0.502 e. The highest BCUT2D eigenvalue weighted by molar-refractivity contribution is 7.82. The molecule has 7 nitrogen and oxygen atoms in total. The fourth-order valence-corrected chi connectivity index (χ4v) is 1.53. The maximum atomic E-state index is 10.9. The van der Waals surface area contributed by atoms with Gasteiger partial charge in [-0.1, -0.05) is 0 Å². The van der Waals surface area contributed by atoms with Gasteiger partial charge in [-0.25, -0.2) is 4.98 Å². The number of rotatable bonds is 0. The van der Waals surface area contributed by atoms with E-state index >= 15 is 0 Å². The quantitative estimate of drug-likeness (QED) is 0.579. The Morgan fingerprint density at radius 3 is 2.85 bits per heavy atom. The summed E-state index contributed by atoms with van der Waals surface area (Å²) >= 11 is 0. The van der Waals surface area contributed by atoms with E-state index in [0.29, 0.717) is 0 Å². The van der Waals surface area contributed by atoms with Crippen molar-refractivity contribution in [2.24, 2.45) is 0 Å². The molecule has 13 heavy (non-hydrogen) atoms. The van der Waals surface area contributed by atoms with Gasteiger partial charge in [0.15, 0.2) is 5.75 Å². The zero-order valence-electron chi connectivity index (χ0n) is 6.09. The highest BCUT2D eigenvalue weighted by Crippen LogP contribution is 2.40. The van der Waals surface area contributed by atoms with Crippen LogP contribution in [0.5, 0.6) is 17.4 Å². The third-order valence-electron chi connectivity index (χ3n) is 1.40. The minimum Gasteiger partial charge on any atom is -0.502 e. The summed E-state index contributed by atoms with van der Waals surface area (Å²) in [7, 11) is -4.20. The molecule has 70 valence electrons. The van der Waals surface area contributed by atoms with Crippen molar-refractivity contribution in [1.82, 2.24) is 4.98 Å². The highest BCUT2D eigenvalue weighted by atomic mass is 32.3. The van der Waals surface area contributed by atoms with Gasteiger partial charge in [0.05, 0.1) is 6.20 Å². The molecule has 8 heteroatoms. The van der Waals surface area contributed by atoms with Crippen molar-refractivity contribution in [2.45, 2.75) is 0 Å². The van der Waals surface area contributed by atoms with E-state index in [9.17, 15) is 13.5 Å². The maximum absolute atomic E-state index is 10.9. The lowest BCUT2D eigenvalue weighted by Gasteiger charge is -1.98. The fourth-order valence-electron chi connectivity index (χ4n) is 0.831. The second-order valence-corrected chi connectivity index (χ2v) is 3.41. The molecule has 2 bridgehead atoms. The molecular weight excluding hydrogens is 200 g/mol. The second kappa shape index (κ2) is 2.16. The van der Waals surface area contributed by atoms with E-state index in [-0.39, 0.29) is 11.4 Å². The zero-order valence-corrected chi connectivity index (χ0v) is 6.91. The Morgan fingerprint density at radius 2 is 2.15 bits per heavy atom.